The van der Waals surface area contributed by atoms with Gasteiger partial charge in [-0.2, -0.15) is 0 Å². The molecule has 0 bridgehead atoms. The average Bonchev–Trinajstić information content (AvgIpc) is 2.69. The van der Waals surface area contributed by atoms with Crippen LogP contribution in [0.2, 0.25) is 0 Å². The van der Waals surface area contributed by atoms with Gasteiger partial charge in [-0.15, -0.1) is 11.6 Å². The van der Waals surface area contributed by atoms with Crippen LogP contribution in [-0.4, -0.2) is 38.6 Å². The van der Waals surface area contributed by atoms with E-state index in [2.05, 4.69) is 15.3 Å². The Morgan fingerprint density at radius 2 is 2.03 bits per heavy atom. The first-order valence-electron chi connectivity index (χ1n) is 9.38. The van der Waals surface area contributed by atoms with Crippen LogP contribution in [0.5, 0.6) is 0 Å². The molecular weight excluding hydrogens is 392 g/mol. The van der Waals surface area contributed by atoms with Crippen LogP contribution in [0.4, 0.5) is 4.79 Å². The van der Waals surface area contributed by atoms with Crippen molar-refractivity contribution in [2.24, 2.45) is 5.92 Å². The summed E-state index contributed by atoms with van der Waals surface area (Å²) in [6.45, 7) is 6.46. The van der Waals surface area contributed by atoms with Gasteiger partial charge in [-0.1, -0.05) is 13.8 Å². The first-order chi connectivity index (χ1) is 13.8. The minimum absolute atomic E-state index is 0.217. The summed E-state index contributed by atoms with van der Waals surface area (Å²) < 4.78 is 0. The van der Waals surface area contributed by atoms with Gasteiger partial charge in [0.2, 0.25) is 0 Å². The molecule has 1 aliphatic rings. The number of aromatic nitrogens is 2. The topological polar surface area (TPSA) is 95.2 Å². The number of nitrogens with one attached hydrogen (secondary N) is 2. The minimum Gasteiger partial charge on any atom is -0.328 e. The summed E-state index contributed by atoms with van der Waals surface area (Å²) in [5, 5.41) is 3.26. The molecule has 0 saturated carbocycles. The predicted octanol–water partition coefficient (Wildman–Crippen LogP) is 3.28. The van der Waals surface area contributed by atoms with Crippen LogP contribution in [0.3, 0.4) is 0 Å². The molecule has 7 nitrogen and oxygen atoms in total. The lowest BCUT2D eigenvalue weighted by Crippen LogP contribution is -2.43. The van der Waals surface area contributed by atoms with Gasteiger partial charge >= 0.3 is 6.03 Å². The number of aromatic amines is 1. The number of fused-ring (bicyclic) bond motifs is 1. The predicted molar refractivity (Wildman–Crippen MR) is 113 cm³/mol. The van der Waals surface area contributed by atoms with Crippen LogP contribution in [0, 0.1) is 5.92 Å². The normalized spacial score (nSPS) is 17.3. The quantitative estimate of drug-likeness (QED) is 0.734. The van der Waals surface area contributed by atoms with Gasteiger partial charge in [0.1, 0.15) is 5.38 Å². The van der Waals surface area contributed by atoms with E-state index in [0.29, 0.717) is 17.6 Å². The number of alkyl halides is 1. The standard InChI is InChI=1S/C21H23ClN4O3/c1-12(2)11-26(21(29)25-14-4-5-19(27)18(22)8-14)13(3)16-10-24-20(28)17-9-23-7-6-15(16)17/h4-10,12-13,18H,11H2,1-3H3,(H,24,28)(H,25,29). The Morgan fingerprint density at radius 1 is 1.28 bits per heavy atom. The van der Waals surface area contributed by atoms with Gasteiger partial charge in [0.15, 0.2) is 5.78 Å². The monoisotopic (exact) mass is 414 g/mol. The second-order valence-electron chi connectivity index (χ2n) is 7.41. The molecule has 29 heavy (non-hydrogen) atoms. The summed E-state index contributed by atoms with van der Waals surface area (Å²) in [5.41, 5.74) is 1.07. The summed E-state index contributed by atoms with van der Waals surface area (Å²) in [6, 6.07) is 1.15. The van der Waals surface area contributed by atoms with Gasteiger partial charge in [0.25, 0.3) is 5.56 Å². The van der Waals surface area contributed by atoms with Crippen molar-refractivity contribution in [3.63, 3.8) is 0 Å². The highest BCUT2D eigenvalue weighted by atomic mass is 35.5. The third-order valence-corrected chi connectivity index (χ3v) is 5.09. The highest BCUT2D eigenvalue weighted by Crippen LogP contribution is 2.26. The Balaban J connectivity index is 1.93. The Kier molecular flexibility index (Phi) is 6.17. The number of nitrogens with zero attached hydrogens (tertiary/aromatic N) is 2. The van der Waals surface area contributed by atoms with Gasteiger partial charge in [-0.25, -0.2) is 4.79 Å². The molecule has 0 saturated heterocycles. The van der Waals surface area contributed by atoms with E-state index in [-0.39, 0.29) is 29.3 Å². The number of amides is 2. The average molecular weight is 415 g/mol. The molecule has 2 amide bonds. The van der Waals surface area contributed by atoms with Gasteiger partial charge in [-0.05, 0) is 48.1 Å². The van der Waals surface area contributed by atoms with Crippen LogP contribution >= 0.6 is 11.6 Å². The first-order valence-corrected chi connectivity index (χ1v) is 9.82. The van der Waals surface area contributed by atoms with E-state index in [4.69, 9.17) is 11.6 Å². The fraction of sp³-hybridized carbons (Fsp3) is 0.333. The van der Waals surface area contributed by atoms with E-state index < -0.39 is 5.38 Å². The van der Waals surface area contributed by atoms with Gasteiger partial charge in [0, 0.05) is 30.8 Å². The SMILES string of the molecule is CC(C)CN(C(=O)NC1=CC(Cl)C(=O)C=C1)C(C)c1c[nH]c(=O)c2cnccc12. The lowest BCUT2D eigenvalue weighted by molar-refractivity contribution is -0.113. The highest BCUT2D eigenvalue weighted by Gasteiger charge is 2.25. The molecular formula is C21H23ClN4O3. The molecule has 0 aromatic carbocycles. The summed E-state index contributed by atoms with van der Waals surface area (Å²) in [4.78, 5) is 45.2. The molecule has 0 spiro atoms. The maximum Gasteiger partial charge on any atom is 0.322 e. The second kappa shape index (κ2) is 8.61. The maximum atomic E-state index is 13.1. The van der Waals surface area contributed by atoms with Crippen LogP contribution < -0.4 is 10.9 Å². The van der Waals surface area contributed by atoms with Crippen molar-refractivity contribution in [1.82, 2.24) is 20.2 Å². The van der Waals surface area contributed by atoms with E-state index in [1.54, 1.807) is 29.4 Å². The second-order valence-corrected chi connectivity index (χ2v) is 7.88. The molecule has 0 aliphatic heterocycles. The fourth-order valence-corrected chi connectivity index (χ4v) is 3.50. The molecule has 2 unspecified atom stereocenters. The number of halogens is 1. The van der Waals surface area contributed by atoms with Gasteiger partial charge in [-0.3, -0.25) is 14.6 Å². The smallest absolute Gasteiger partial charge is 0.322 e. The summed E-state index contributed by atoms with van der Waals surface area (Å²) >= 11 is 5.97. The Hall–Kier alpha value is -2.93. The van der Waals surface area contributed by atoms with E-state index in [0.717, 1.165) is 10.9 Å². The highest BCUT2D eigenvalue weighted by molar-refractivity contribution is 6.34. The summed E-state index contributed by atoms with van der Waals surface area (Å²) in [6.07, 6.45) is 9.20. The van der Waals surface area contributed by atoms with Crippen molar-refractivity contribution in [2.45, 2.75) is 32.2 Å². The zero-order chi connectivity index (χ0) is 21.1. The fourth-order valence-electron chi connectivity index (χ4n) is 3.29. The Morgan fingerprint density at radius 3 is 2.72 bits per heavy atom. The number of urea groups is 1. The first kappa shape index (κ1) is 20.8. The molecule has 2 aromatic rings. The van der Waals surface area contributed by atoms with E-state index in [1.807, 2.05) is 20.8 Å². The molecule has 2 atom stereocenters. The van der Waals surface area contributed by atoms with Crippen molar-refractivity contribution in [3.8, 4) is 0 Å². The molecule has 8 heteroatoms. The number of hydrogen-bond donors (Lipinski definition) is 2. The maximum absolute atomic E-state index is 13.1. The summed E-state index contributed by atoms with van der Waals surface area (Å²) in [7, 11) is 0. The van der Waals surface area contributed by atoms with Crippen molar-refractivity contribution >= 4 is 34.2 Å². The van der Waals surface area contributed by atoms with Crippen molar-refractivity contribution in [3.05, 3.63) is 64.5 Å². The van der Waals surface area contributed by atoms with E-state index >= 15 is 0 Å². The minimum atomic E-state index is -0.790. The zero-order valence-corrected chi connectivity index (χ0v) is 17.2. The molecule has 2 heterocycles. The third kappa shape index (κ3) is 4.56. The van der Waals surface area contributed by atoms with E-state index in [1.165, 1.54) is 18.3 Å². The van der Waals surface area contributed by atoms with Crippen LogP contribution in [0.1, 0.15) is 32.4 Å². The van der Waals surface area contributed by atoms with Gasteiger partial charge in [0.05, 0.1) is 11.4 Å². The Bertz CT molecular complexity index is 1060. The lowest BCUT2D eigenvalue weighted by Gasteiger charge is -2.32. The van der Waals surface area contributed by atoms with Crippen LogP contribution in [-0.2, 0) is 4.79 Å². The molecule has 2 N–H and O–H groups in total. The Labute approximate surface area is 173 Å². The largest absolute Gasteiger partial charge is 0.328 e. The van der Waals surface area contributed by atoms with Gasteiger partial charge < -0.3 is 15.2 Å². The van der Waals surface area contributed by atoms with Crippen LogP contribution in [0.15, 0.2) is 53.4 Å². The molecule has 0 fully saturated rings. The molecule has 2 aromatic heterocycles. The van der Waals surface area contributed by atoms with Crippen molar-refractivity contribution < 1.29 is 9.59 Å². The number of hydrogen-bond acceptors (Lipinski definition) is 4. The lowest BCUT2D eigenvalue weighted by atomic mass is 10.0. The number of rotatable bonds is 5. The number of carbonyl (C=O) groups is 2. The number of pyridine rings is 2. The third-order valence-electron chi connectivity index (χ3n) is 4.75. The van der Waals surface area contributed by atoms with E-state index in [9.17, 15) is 14.4 Å². The van der Waals surface area contributed by atoms with Crippen molar-refractivity contribution in [1.29, 1.82) is 0 Å². The number of carbonyl (C=O) groups excluding carboxylic acids is 2. The zero-order valence-electron chi connectivity index (χ0n) is 16.5. The van der Waals surface area contributed by atoms with Crippen LogP contribution in [0.25, 0.3) is 10.8 Å². The number of H-pyrrole nitrogens is 1. The molecule has 152 valence electrons. The molecule has 3 rings (SSSR count). The van der Waals surface area contributed by atoms with Crippen molar-refractivity contribution in [2.75, 3.05) is 6.54 Å². The number of ketones is 1. The molecule has 0 radical (unpaired) electrons. The molecule has 1 aliphatic carbocycles. The number of allylic oxidation sites excluding steroid dienone is 3. The summed E-state index contributed by atoms with van der Waals surface area (Å²) in [5.74, 6) is 0.00233.